The number of hydrogen-bond donors (Lipinski definition) is 1. The Morgan fingerprint density at radius 1 is 0.967 bits per heavy atom. The fraction of sp³-hybridized carbons (Fsp3) is 0.120. The van der Waals surface area contributed by atoms with Gasteiger partial charge in [0.25, 0.3) is 5.91 Å². The van der Waals surface area contributed by atoms with Crippen LogP contribution in [0.3, 0.4) is 0 Å². The van der Waals surface area contributed by atoms with Gasteiger partial charge in [-0.05, 0) is 49.7 Å². The van der Waals surface area contributed by atoms with Gasteiger partial charge in [0.1, 0.15) is 11.3 Å². The van der Waals surface area contributed by atoms with Crippen LogP contribution in [0.5, 0.6) is 0 Å². The standard InChI is InChI=1S/C25H22N2O3/c1-17-8-6-9-19(14-17)24-23(25(29)26-20-10-4-3-5-11-20)22(28)15-18(2)27(24)16-21-12-7-13-30-21/h3-15H,16H2,1-2H3,(H,26,29). The third kappa shape index (κ3) is 3.96. The van der Waals surface area contributed by atoms with Gasteiger partial charge in [0.2, 0.25) is 0 Å². The second-order valence-electron chi connectivity index (χ2n) is 7.23. The van der Waals surface area contributed by atoms with Crippen LogP contribution in [0.4, 0.5) is 5.69 Å². The lowest BCUT2D eigenvalue weighted by atomic mass is 10.0. The van der Waals surface area contributed by atoms with E-state index in [0.29, 0.717) is 17.9 Å². The van der Waals surface area contributed by atoms with Crippen molar-refractivity contribution in [3.05, 3.63) is 112 Å². The van der Waals surface area contributed by atoms with Gasteiger partial charge in [-0.1, -0.05) is 42.0 Å². The summed E-state index contributed by atoms with van der Waals surface area (Å²) in [5.41, 5.74) is 3.61. The molecule has 150 valence electrons. The smallest absolute Gasteiger partial charge is 0.261 e. The molecule has 0 atom stereocenters. The zero-order chi connectivity index (χ0) is 21.1. The molecule has 0 saturated heterocycles. The number of carbonyl (C=O) groups is 1. The molecule has 30 heavy (non-hydrogen) atoms. The van der Waals surface area contributed by atoms with Gasteiger partial charge < -0.3 is 14.3 Å². The molecule has 0 aliphatic heterocycles. The number of hydrogen-bond acceptors (Lipinski definition) is 3. The van der Waals surface area contributed by atoms with E-state index in [1.165, 1.54) is 6.07 Å². The maximum atomic E-state index is 13.2. The summed E-state index contributed by atoms with van der Waals surface area (Å²) in [7, 11) is 0. The molecule has 0 radical (unpaired) electrons. The number of furan rings is 1. The van der Waals surface area contributed by atoms with Crippen molar-refractivity contribution in [1.29, 1.82) is 0 Å². The lowest BCUT2D eigenvalue weighted by Crippen LogP contribution is -2.27. The van der Waals surface area contributed by atoms with Crippen LogP contribution in [0.1, 0.15) is 27.4 Å². The quantitative estimate of drug-likeness (QED) is 0.513. The SMILES string of the molecule is Cc1cccc(-c2c(C(=O)Nc3ccccc3)c(=O)cc(C)n2Cc2ccco2)c1. The van der Waals surface area contributed by atoms with Crippen LogP contribution >= 0.6 is 0 Å². The molecule has 2 heterocycles. The van der Waals surface area contributed by atoms with Gasteiger partial charge in [0, 0.05) is 17.4 Å². The number of rotatable bonds is 5. The largest absolute Gasteiger partial charge is 0.467 e. The zero-order valence-corrected chi connectivity index (χ0v) is 16.9. The Bertz CT molecular complexity index is 1240. The molecule has 4 aromatic rings. The van der Waals surface area contributed by atoms with E-state index in [-0.39, 0.29) is 11.0 Å². The van der Waals surface area contributed by atoms with E-state index < -0.39 is 5.91 Å². The molecule has 5 nitrogen and oxygen atoms in total. The van der Waals surface area contributed by atoms with Crippen molar-refractivity contribution in [2.24, 2.45) is 0 Å². The van der Waals surface area contributed by atoms with E-state index in [1.807, 2.05) is 73.0 Å². The molecule has 2 aromatic heterocycles. The Morgan fingerprint density at radius 2 is 1.77 bits per heavy atom. The summed E-state index contributed by atoms with van der Waals surface area (Å²) < 4.78 is 7.49. The molecular weight excluding hydrogens is 376 g/mol. The summed E-state index contributed by atoms with van der Waals surface area (Å²) in [6.45, 7) is 4.26. The highest BCUT2D eigenvalue weighted by Gasteiger charge is 2.22. The molecule has 0 unspecified atom stereocenters. The molecular formula is C25H22N2O3. The number of para-hydroxylation sites is 1. The summed E-state index contributed by atoms with van der Waals surface area (Å²) >= 11 is 0. The lowest BCUT2D eigenvalue weighted by molar-refractivity contribution is 0.102. The van der Waals surface area contributed by atoms with Crippen molar-refractivity contribution >= 4 is 11.6 Å². The Hall–Kier alpha value is -3.86. The highest BCUT2D eigenvalue weighted by Crippen LogP contribution is 2.26. The zero-order valence-electron chi connectivity index (χ0n) is 16.9. The molecule has 1 amide bonds. The Kier molecular flexibility index (Phi) is 5.35. The highest BCUT2D eigenvalue weighted by molar-refractivity contribution is 6.08. The first kappa shape index (κ1) is 19.5. The van der Waals surface area contributed by atoms with Gasteiger partial charge in [0.05, 0.1) is 18.5 Å². The van der Waals surface area contributed by atoms with Crippen LogP contribution in [0, 0.1) is 13.8 Å². The summed E-state index contributed by atoms with van der Waals surface area (Å²) in [5.74, 6) is 0.306. The van der Waals surface area contributed by atoms with Crippen molar-refractivity contribution < 1.29 is 9.21 Å². The number of pyridine rings is 1. The Morgan fingerprint density at radius 3 is 2.47 bits per heavy atom. The van der Waals surface area contributed by atoms with E-state index in [2.05, 4.69) is 5.32 Å². The van der Waals surface area contributed by atoms with Crippen molar-refractivity contribution in [3.63, 3.8) is 0 Å². The normalized spacial score (nSPS) is 10.7. The van der Waals surface area contributed by atoms with Crippen molar-refractivity contribution in [2.45, 2.75) is 20.4 Å². The predicted octanol–water partition coefficient (Wildman–Crippen LogP) is 5.03. The lowest BCUT2D eigenvalue weighted by Gasteiger charge is -2.20. The molecule has 1 N–H and O–H groups in total. The van der Waals surface area contributed by atoms with Crippen molar-refractivity contribution in [3.8, 4) is 11.3 Å². The van der Waals surface area contributed by atoms with Gasteiger partial charge in [-0.15, -0.1) is 0 Å². The summed E-state index contributed by atoms with van der Waals surface area (Å²) in [6, 6.07) is 22.1. The Labute approximate surface area is 174 Å². The number of benzene rings is 2. The molecule has 0 spiro atoms. The maximum Gasteiger partial charge on any atom is 0.261 e. The van der Waals surface area contributed by atoms with E-state index >= 15 is 0 Å². The number of nitrogens with one attached hydrogen (secondary N) is 1. The molecule has 5 heteroatoms. The van der Waals surface area contributed by atoms with Crippen LogP contribution in [0.15, 0.2) is 88.3 Å². The van der Waals surface area contributed by atoms with Crippen molar-refractivity contribution in [2.75, 3.05) is 5.32 Å². The third-order valence-electron chi connectivity index (χ3n) is 4.96. The van der Waals surface area contributed by atoms with Crippen LogP contribution in [-0.4, -0.2) is 10.5 Å². The summed E-state index contributed by atoms with van der Waals surface area (Å²) in [6.07, 6.45) is 1.61. The van der Waals surface area contributed by atoms with Gasteiger partial charge in [-0.25, -0.2) is 0 Å². The number of amides is 1. The second kappa shape index (κ2) is 8.25. The average Bonchev–Trinajstić information content (AvgIpc) is 3.23. The molecule has 0 aliphatic rings. The number of aryl methyl sites for hydroxylation is 2. The minimum atomic E-state index is -0.434. The molecule has 4 rings (SSSR count). The minimum Gasteiger partial charge on any atom is -0.467 e. The number of nitrogens with zero attached hydrogens (tertiary/aromatic N) is 1. The fourth-order valence-electron chi connectivity index (χ4n) is 3.56. The number of aromatic nitrogens is 1. The summed E-state index contributed by atoms with van der Waals surface area (Å²) in [5, 5.41) is 2.85. The molecule has 2 aromatic carbocycles. The average molecular weight is 398 g/mol. The predicted molar refractivity (Wildman–Crippen MR) is 118 cm³/mol. The van der Waals surface area contributed by atoms with E-state index in [4.69, 9.17) is 4.42 Å². The van der Waals surface area contributed by atoms with Crippen LogP contribution in [0.2, 0.25) is 0 Å². The van der Waals surface area contributed by atoms with Gasteiger partial charge in [-0.2, -0.15) is 0 Å². The first-order valence-corrected chi connectivity index (χ1v) is 9.73. The summed E-state index contributed by atoms with van der Waals surface area (Å²) in [4.78, 5) is 26.2. The molecule has 0 fully saturated rings. The van der Waals surface area contributed by atoms with Gasteiger partial charge in [0.15, 0.2) is 5.43 Å². The van der Waals surface area contributed by atoms with Gasteiger partial charge >= 0.3 is 0 Å². The van der Waals surface area contributed by atoms with Crippen LogP contribution < -0.4 is 10.7 Å². The second-order valence-corrected chi connectivity index (χ2v) is 7.23. The number of anilines is 1. The fourth-order valence-corrected chi connectivity index (χ4v) is 3.56. The van der Waals surface area contributed by atoms with Gasteiger partial charge in [-0.3, -0.25) is 9.59 Å². The highest BCUT2D eigenvalue weighted by atomic mass is 16.3. The number of carbonyl (C=O) groups excluding carboxylic acids is 1. The van der Waals surface area contributed by atoms with Crippen LogP contribution in [0.25, 0.3) is 11.3 Å². The molecule has 0 bridgehead atoms. The maximum absolute atomic E-state index is 13.2. The van der Waals surface area contributed by atoms with E-state index in [0.717, 1.165) is 22.6 Å². The molecule has 0 aliphatic carbocycles. The minimum absolute atomic E-state index is 0.113. The van der Waals surface area contributed by atoms with Crippen LogP contribution in [-0.2, 0) is 6.54 Å². The monoisotopic (exact) mass is 398 g/mol. The van der Waals surface area contributed by atoms with E-state index in [1.54, 1.807) is 18.4 Å². The van der Waals surface area contributed by atoms with Crippen molar-refractivity contribution in [1.82, 2.24) is 4.57 Å². The first-order valence-electron chi connectivity index (χ1n) is 9.73. The van der Waals surface area contributed by atoms with E-state index in [9.17, 15) is 9.59 Å². The third-order valence-corrected chi connectivity index (χ3v) is 4.96. The molecule has 0 saturated carbocycles. The Balaban J connectivity index is 1.92. The topological polar surface area (TPSA) is 64.2 Å². The first-order chi connectivity index (χ1) is 14.5.